The Hall–Kier alpha value is -1.14. The van der Waals surface area contributed by atoms with Crippen LogP contribution in [0.3, 0.4) is 0 Å². The summed E-state index contributed by atoms with van der Waals surface area (Å²) in [6.07, 6.45) is -1.40. The molecule has 0 aliphatic heterocycles. The van der Waals surface area contributed by atoms with E-state index in [0.29, 0.717) is 12.2 Å². The summed E-state index contributed by atoms with van der Waals surface area (Å²) >= 11 is 0. The molecule has 0 unspecified atom stereocenters. The van der Waals surface area contributed by atoms with Gasteiger partial charge in [-0.1, -0.05) is 13.0 Å². The number of nitrogens with one attached hydrogen (secondary N) is 1. The zero-order valence-electron chi connectivity index (χ0n) is 12.3. The number of halogens is 3. The molecule has 0 saturated heterocycles. The van der Waals surface area contributed by atoms with Gasteiger partial charge in [-0.2, -0.15) is 13.2 Å². The van der Waals surface area contributed by atoms with Crippen molar-refractivity contribution in [2.75, 3.05) is 13.1 Å². The molecule has 1 fully saturated rings. The van der Waals surface area contributed by atoms with E-state index in [1.807, 2.05) is 12.1 Å². The van der Waals surface area contributed by atoms with E-state index < -0.39 is 12.7 Å². The maximum atomic E-state index is 12.6. The van der Waals surface area contributed by atoms with E-state index in [4.69, 9.17) is 0 Å². The number of rotatable bonds is 8. The Balaban J connectivity index is 1.95. The average molecular weight is 301 g/mol. The molecule has 0 atom stereocenters. The average Bonchev–Trinajstić information content (AvgIpc) is 3.21. The van der Waals surface area contributed by atoms with Gasteiger partial charge in [0.2, 0.25) is 0 Å². The Morgan fingerprint density at radius 2 is 2.00 bits per heavy atom. The number of alkyl halides is 3. The van der Waals surface area contributed by atoms with Crippen molar-refractivity contribution >= 4 is 0 Å². The Morgan fingerprint density at radius 3 is 2.62 bits per heavy atom. The van der Waals surface area contributed by atoms with Gasteiger partial charge in [-0.25, -0.2) is 0 Å². The molecule has 1 aromatic rings. The maximum absolute atomic E-state index is 12.6. The fourth-order valence-electron chi connectivity index (χ4n) is 2.30. The van der Waals surface area contributed by atoms with E-state index in [1.54, 1.807) is 6.07 Å². The second kappa shape index (κ2) is 7.22. The van der Waals surface area contributed by atoms with Crippen LogP contribution in [0, 0.1) is 0 Å². The number of hydrogen-bond donors (Lipinski definition) is 1. The maximum Gasteiger partial charge on any atom is 0.401 e. The lowest BCUT2D eigenvalue weighted by atomic mass is 10.2. The number of hydrogen-bond acceptors (Lipinski definition) is 3. The standard InChI is InChI=1S/C15H22F3N3/c1-2-8-19-9-12-4-3-5-13(20-12)10-21(14-6-7-14)11-15(16,17)18/h3-5,14,19H,2,6-11H2,1H3. The minimum absolute atomic E-state index is 0.0651. The number of aromatic nitrogens is 1. The van der Waals surface area contributed by atoms with Gasteiger partial charge < -0.3 is 5.32 Å². The van der Waals surface area contributed by atoms with Crippen molar-refractivity contribution in [3.05, 3.63) is 29.6 Å². The first-order valence-electron chi connectivity index (χ1n) is 7.44. The molecule has 0 bridgehead atoms. The van der Waals surface area contributed by atoms with Crippen molar-refractivity contribution in [1.82, 2.24) is 15.2 Å². The summed E-state index contributed by atoms with van der Waals surface area (Å²) in [4.78, 5) is 5.94. The highest BCUT2D eigenvalue weighted by molar-refractivity contribution is 5.11. The van der Waals surface area contributed by atoms with Gasteiger partial charge in [0.05, 0.1) is 17.9 Å². The van der Waals surface area contributed by atoms with Gasteiger partial charge >= 0.3 is 6.18 Å². The number of nitrogens with zero attached hydrogens (tertiary/aromatic N) is 2. The van der Waals surface area contributed by atoms with Gasteiger partial charge in [-0.05, 0) is 37.9 Å². The van der Waals surface area contributed by atoms with E-state index in [2.05, 4.69) is 17.2 Å². The predicted octanol–water partition coefficient (Wildman–Crippen LogP) is 3.11. The Bertz CT molecular complexity index is 444. The first-order chi connectivity index (χ1) is 9.98. The Kier molecular flexibility index (Phi) is 5.58. The molecule has 1 aromatic heterocycles. The molecular weight excluding hydrogens is 279 g/mol. The zero-order valence-corrected chi connectivity index (χ0v) is 12.3. The van der Waals surface area contributed by atoms with Gasteiger partial charge in [-0.3, -0.25) is 9.88 Å². The van der Waals surface area contributed by atoms with Crippen molar-refractivity contribution in [1.29, 1.82) is 0 Å². The molecule has 21 heavy (non-hydrogen) atoms. The first kappa shape index (κ1) is 16.2. The summed E-state index contributed by atoms with van der Waals surface area (Å²) in [5.74, 6) is 0. The summed E-state index contributed by atoms with van der Waals surface area (Å²) in [7, 11) is 0. The highest BCUT2D eigenvalue weighted by atomic mass is 19.4. The Labute approximate surface area is 123 Å². The lowest BCUT2D eigenvalue weighted by Crippen LogP contribution is -2.35. The van der Waals surface area contributed by atoms with Crippen LogP contribution in [0.4, 0.5) is 13.2 Å². The van der Waals surface area contributed by atoms with Crippen LogP contribution in [0.5, 0.6) is 0 Å². The van der Waals surface area contributed by atoms with Gasteiger partial charge in [0, 0.05) is 19.1 Å². The molecule has 0 amide bonds. The zero-order chi connectivity index (χ0) is 15.3. The molecule has 1 heterocycles. The van der Waals surface area contributed by atoms with Gasteiger partial charge in [0.25, 0.3) is 0 Å². The topological polar surface area (TPSA) is 28.2 Å². The predicted molar refractivity (Wildman–Crippen MR) is 75.7 cm³/mol. The molecule has 3 nitrogen and oxygen atoms in total. The largest absolute Gasteiger partial charge is 0.401 e. The van der Waals surface area contributed by atoms with Crippen LogP contribution in [0.15, 0.2) is 18.2 Å². The molecule has 6 heteroatoms. The highest BCUT2D eigenvalue weighted by Crippen LogP contribution is 2.31. The quantitative estimate of drug-likeness (QED) is 0.748. The summed E-state index contributed by atoms with van der Waals surface area (Å²) in [5, 5.41) is 3.25. The first-order valence-corrected chi connectivity index (χ1v) is 7.44. The van der Waals surface area contributed by atoms with Gasteiger partial charge in [0.1, 0.15) is 0 Å². The van der Waals surface area contributed by atoms with Crippen LogP contribution in [0.2, 0.25) is 0 Å². The molecule has 0 spiro atoms. The second-order valence-corrected chi connectivity index (χ2v) is 5.55. The fourth-order valence-corrected chi connectivity index (χ4v) is 2.30. The van der Waals surface area contributed by atoms with E-state index in [-0.39, 0.29) is 12.6 Å². The molecule has 1 aliphatic rings. The second-order valence-electron chi connectivity index (χ2n) is 5.55. The lowest BCUT2D eigenvalue weighted by molar-refractivity contribution is -0.148. The van der Waals surface area contributed by atoms with E-state index in [9.17, 15) is 13.2 Å². The van der Waals surface area contributed by atoms with Gasteiger partial charge in [-0.15, -0.1) is 0 Å². The van der Waals surface area contributed by atoms with Crippen LogP contribution in [0.1, 0.15) is 37.6 Å². The van der Waals surface area contributed by atoms with Crippen molar-refractivity contribution < 1.29 is 13.2 Å². The van der Waals surface area contributed by atoms with E-state index in [1.165, 1.54) is 4.90 Å². The summed E-state index contributed by atoms with van der Waals surface area (Å²) in [6, 6.07) is 5.63. The van der Waals surface area contributed by atoms with Crippen molar-refractivity contribution in [3.8, 4) is 0 Å². The van der Waals surface area contributed by atoms with Crippen molar-refractivity contribution in [2.45, 2.75) is 51.5 Å². The van der Waals surface area contributed by atoms with Crippen LogP contribution in [0.25, 0.3) is 0 Å². The summed E-state index contributed by atoms with van der Waals surface area (Å²) in [5.41, 5.74) is 1.59. The van der Waals surface area contributed by atoms with Crippen molar-refractivity contribution in [2.24, 2.45) is 0 Å². The summed E-state index contributed by atoms with van der Waals surface area (Å²) in [6.45, 7) is 3.07. The molecule has 1 saturated carbocycles. The monoisotopic (exact) mass is 301 g/mol. The van der Waals surface area contributed by atoms with Crippen molar-refractivity contribution in [3.63, 3.8) is 0 Å². The molecule has 1 N–H and O–H groups in total. The molecular formula is C15H22F3N3. The SMILES string of the molecule is CCCNCc1cccc(CN(CC(F)(F)F)C2CC2)n1. The third-order valence-electron chi connectivity index (χ3n) is 3.41. The van der Waals surface area contributed by atoms with Crippen LogP contribution >= 0.6 is 0 Å². The van der Waals surface area contributed by atoms with Crippen LogP contribution in [-0.4, -0.2) is 35.2 Å². The van der Waals surface area contributed by atoms with E-state index >= 15 is 0 Å². The fraction of sp³-hybridized carbons (Fsp3) is 0.667. The smallest absolute Gasteiger partial charge is 0.311 e. The third-order valence-corrected chi connectivity index (χ3v) is 3.41. The minimum Gasteiger partial charge on any atom is -0.311 e. The highest BCUT2D eigenvalue weighted by Gasteiger charge is 2.38. The number of pyridine rings is 1. The van der Waals surface area contributed by atoms with Crippen LogP contribution in [-0.2, 0) is 13.1 Å². The molecule has 1 aliphatic carbocycles. The molecule has 118 valence electrons. The Morgan fingerprint density at radius 1 is 1.29 bits per heavy atom. The third kappa shape index (κ3) is 6.01. The lowest BCUT2D eigenvalue weighted by Gasteiger charge is -2.23. The van der Waals surface area contributed by atoms with E-state index in [0.717, 1.165) is 31.5 Å². The molecule has 2 rings (SSSR count). The summed E-state index contributed by atoms with van der Waals surface area (Å²) < 4.78 is 37.8. The minimum atomic E-state index is -4.15. The van der Waals surface area contributed by atoms with Crippen LogP contribution < -0.4 is 5.32 Å². The molecule has 0 aromatic carbocycles. The van der Waals surface area contributed by atoms with Gasteiger partial charge in [0.15, 0.2) is 0 Å². The normalized spacial score (nSPS) is 15.7. The molecule has 0 radical (unpaired) electrons.